The molecule has 1 atom stereocenters. The van der Waals surface area contributed by atoms with E-state index in [0.29, 0.717) is 4.90 Å². The van der Waals surface area contributed by atoms with Crippen LogP contribution in [0.15, 0.2) is 65.6 Å². The van der Waals surface area contributed by atoms with E-state index in [9.17, 15) is 8.42 Å². The van der Waals surface area contributed by atoms with E-state index in [2.05, 4.69) is 0 Å². The van der Waals surface area contributed by atoms with E-state index < -0.39 is 15.1 Å². The van der Waals surface area contributed by atoms with Gasteiger partial charge in [-0.2, -0.15) is 0 Å². The van der Waals surface area contributed by atoms with Crippen molar-refractivity contribution in [2.45, 2.75) is 10.1 Å². The summed E-state index contributed by atoms with van der Waals surface area (Å²) in [5, 5.41) is -0.693. The van der Waals surface area contributed by atoms with Gasteiger partial charge in [0.15, 0.2) is 9.84 Å². The van der Waals surface area contributed by atoms with Gasteiger partial charge in [0.2, 0.25) is 0 Å². The van der Waals surface area contributed by atoms with Gasteiger partial charge in [0.25, 0.3) is 0 Å². The molecule has 0 aliphatic heterocycles. The van der Waals surface area contributed by atoms with Gasteiger partial charge < -0.3 is 5.73 Å². The van der Waals surface area contributed by atoms with Crippen LogP contribution in [-0.2, 0) is 9.84 Å². The lowest BCUT2D eigenvalue weighted by molar-refractivity contribution is 0.582. The second-order valence-corrected chi connectivity index (χ2v) is 6.12. The monoisotopic (exact) mass is 261 g/mol. The van der Waals surface area contributed by atoms with Crippen LogP contribution >= 0.6 is 0 Å². The molecular formula is C14H15NO2S. The zero-order chi connectivity index (χ0) is 13.0. The minimum Gasteiger partial charge on any atom is -0.329 e. The van der Waals surface area contributed by atoms with Crippen LogP contribution in [0.25, 0.3) is 0 Å². The molecule has 0 saturated heterocycles. The highest BCUT2D eigenvalue weighted by Gasteiger charge is 2.27. The fourth-order valence-corrected chi connectivity index (χ4v) is 3.52. The average Bonchev–Trinajstić information content (AvgIpc) is 2.41. The number of sulfone groups is 1. The van der Waals surface area contributed by atoms with E-state index in [1.807, 2.05) is 18.2 Å². The Kier molecular flexibility index (Phi) is 3.79. The fraction of sp³-hybridized carbons (Fsp3) is 0.143. The summed E-state index contributed by atoms with van der Waals surface area (Å²) < 4.78 is 25.0. The van der Waals surface area contributed by atoms with E-state index in [1.54, 1.807) is 42.5 Å². The highest BCUT2D eigenvalue weighted by molar-refractivity contribution is 7.91. The molecule has 0 radical (unpaired) electrons. The Labute approximate surface area is 107 Å². The molecule has 2 rings (SSSR count). The van der Waals surface area contributed by atoms with Crippen molar-refractivity contribution in [3.05, 3.63) is 66.2 Å². The van der Waals surface area contributed by atoms with E-state index in [-0.39, 0.29) is 6.54 Å². The molecule has 0 saturated carbocycles. The molecule has 2 N–H and O–H groups in total. The normalized spacial score (nSPS) is 13.2. The van der Waals surface area contributed by atoms with Crippen LogP contribution in [0.2, 0.25) is 0 Å². The Morgan fingerprint density at radius 3 is 1.89 bits per heavy atom. The Morgan fingerprint density at radius 2 is 1.39 bits per heavy atom. The van der Waals surface area contributed by atoms with Gasteiger partial charge in [-0.25, -0.2) is 8.42 Å². The number of hydrogen-bond acceptors (Lipinski definition) is 3. The van der Waals surface area contributed by atoms with Gasteiger partial charge in [-0.1, -0.05) is 48.5 Å². The van der Waals surface area contributed by atoms with Gasteiger partial charge in [0.1, 0.15) is 5.25 Å². The number of nitrogens with two attached hydrogens (primary N) is 1. The van der Waals surface area contributed by atoms with Crippen LogP contribution in [-0.4, -0.2) is 15.0 Å². The molecule has 4 heteroatoms. The third-order valence-electron chi connectivity index (χ3n) is 2.83. The maximum atomic E-state index is 12.5. The Morgan fingerprint density at radius 1 is 0.889 bits per heavy atom. The van der Waals surface area contributed by atoms with Crippen LogP contribution in [0.1, 0.15) is 10.8 Å². The molecule has 0 bridgehead atoms. The van der Waals surface area contributed by atoms with Crippen LogP contribution in [0.4, 0.5) is 0 Å². The van der Waals surface area contributed by atoms with Crippen molar-refractivity contribution in [1.82, 2.24) is 0 Å². The van der Waals surface area contributed by atoms with Crippen LogP contribution in [0.3, 0.4) is 0 Å². The molecule has 3 nitrogen and oxygen atoms in total. The predicted octanol–water partition coefficient (Wildman–Crippen LogP) is 2.16. The van der Waals surface area contributed by atoms with Gasteiger partial charge in [-0.15, -0.1) is 0 Å². The fourth-order valence-electron chi connectivity index (χ4n) is 1.88. The van der Waals surface area contributed by atoms with Gasteiger partial charge in [-0.3, -0.25) is 0 Å². The molecule has 0 spiro atoms. The number of rotatable bonds is 4. The molecule has 2 aromatic rings. The molecule has 1 unspecified atom stereocenters. The first-order valence-electron chi connectivity index (χ1n) is 5.70. The number of benzene rings is 2. The van der Waals surface area contributed by atoms with E-state index >= 15 is 0 Å². The Bertz CT molecular complexity index is 594. The summed E-state index contributed by atoms with van der Waals surface area (Å²) in [5.41, 5.74) is 6.37. The molecule has 94 valence electrons. The van der Waals surface area contributed by atoms with Crippen molar-refractivity contribution < 1.29 is 8.42 Å². The molecular weight excluding hydrogens is 246 g/mol. The van der Waals surface area contributed by atoms with Crippen molar-refractivity contribution in [3.8, 4) is 0 Å². The zero-order valence-corrected chi connectivity index (χ0v) is 10.7. The third-order valence-corrected chi connectivity index (χ3v) is 4.97. The second-order valence-electron chi connectivity index (χ2n) is 3.99. The van der Waals surface area contributed by atoms with E-state index in [4.69, 9.17) is 5.73 Å². The lowest BCUT2D eigenvalue weighted by Gasteiger charge is -2.16. The number of hydrogen-bond donors (Lipinski definition) is 1. The van der Waals surface area contributed by atoms with Crippen LogP contribution in [0.5, 0.6) is 0 Å². The summed E-state index contributed by atoms with van der Waals surface area (Å²) in [4.78, 5) is 0.310. The summed E-state index contributed by atoms with van der Waals surface area (Å²) >= 11 is 0. The summed E-state index contributed by atoms with van der Waals surface area (Å²) in [5.74, 6) is 0. The molecule has 0 amide bonds. The quantitative estimate of drug-likeness (QED) is 0.917. The molecule has 18 heavy (non-hydrogen) atoms. The summed E-state index contributed by atoms with van der Waals surface area (Å²) in [6.07, 6.45) is 0. The van der Waals surface area contributed by atoms with Crippen molar-refractivity contribution >= 4 is 9.84 Å². The third kappa shape index (κ3) is 2.44. The smallest absolute Gasteiger partial charge is 0.186 e. The van der Waals surface area contributed by atoms with Crippen molar-refractivity contribution in [3.63, 3.8) is 0 Å². The molecule has 0 aliphatic carbocycles. The molecule has 0 fully saturated rings. The SMILES string of the molecule is NCC(c1ccccc1)S(=O)(=O)c1ccccc1. The van der Waals surface area contributed by atoms with E-state index in [0.717, 1.165) is 5.56 Å². The zero-order valence-electron chi connectivity index (χ0n) is 9.86. The van der Waals surface area contributed by atoms with Gasteiger partial charge >= 0.3 is 0 Å². The molecule has 2 aromatic carbocycles. The lowest BCUT2D eigenvalue weighted by atomic mass is 10.1. The Hall–Kier alpha value is -1.65. The summed E-state index contributed by atoms with van der Waals surface area (Å²) in [7, 11) is -3.43. The van der Waals surface area contributed by atoms with Gasteiger partial charge in [0.05, 0.1) is 4.90 Å². The Balaban J connectivity index is 2.46. The lowest BCUT2D eigenvalue weighted by Crippen LogP contribution is -2.22. The van der Waals surface area contributed by atoms with Crippen molar-refractivity contribution in [2.75, 3.05) is 6.54 Å². The first-order chi connectivity index (χ1) is 8.66. The standard InChI is InChI=1S/C14H15NO2S/c15-11-14(12-7-3-1-4-8-12)18(16,17)13-9-5-2-6-10-13/h1-10,14H,11,15H2. The first-order valence-corrected chi connectivity index (χ1v) is 7.25. The summed E-state index contributed by atoms with van der Waals surface area (Å²) in [6.45, 7) is 0.0707. The van der Waals surface area contributed by atoms with Crippen molar-refractivity contribution in [2.24, 2.45) is 5.73 Å². The minimum absolute atomic E-state index is 0.0707. The second kappa shape index (κ2) is 5.33. The predicted molar refractivity (Wildman–Crippen MR) is 71.9 cm³/mol. The van der Waals surface area contributed by atoms with E-state index in [1.165, 1.54) is 0 Å². The first kappa shape index (κ1) is 12.8. The highest BCUT2D eigenvalue weighted by Crippen LogP contribution is 2.27. The summed E-state index contributed by atoms with van der Waals surface area (Å²) in [6, 6.07) is 17.5. The molecule has 0 aromatic heterocycles. The van der Waals surface area contributed by atoms with Crippen molar-refractivity contribution in [1.29, 1.82) is 0 Å². The average molecular weight is 261 g/mol. The van der Waals surface area contributed by atoms with Crippen LogP contribution in [0, 0.1) is 0 Å². The van der Waals surface area contributed by atoms with Crippen LogP contribution < -0.4 is 5.73 Å². The maximum Gasteiger partial charge on any atom is 0.186 e. The highest BCUT2D eigenvalue weighted by atomic mass is 32.2. The topological polar surface area (TPSA) is 60.2 Å². The molecule has 0 heterocycles. The molecule has 0 aliphatic rings. The largest absolute Gasteiger partial charge is 0.329 e. The maximum absolute atomic E-state index is 12.5. The minimum atomic E-state index is -3.43. The van der Waals surface area contributed by atoms with Gasteiger partial charge in [0, 0.05) is 6.54 Å². The van der Waals surface area contributed by atoms with Gasteiger partial charge in [-0.05, 0) is 17.7 Å².